The third kappa shape index (κ3) is 7.25. The molecule has 1 atom stereocenters. The number of anilines is 4. The summed E-state index contributed by atoms with van der Waals surface area (Å²) in [6, 6.07) is 10.5. The Balaban J connectivity index is 0.942. The van der Waals surface area contributed by atoms with Gasteiger partial charge in [0.15, 0.2) is 11.7 Å². The Labute approximate surface area is 311 Å². The van der Waals surface area contributed by atoms with Gasteiger partial charge in [-0.05, 0) is 44.0 Å². The molecular weight excluding hydrogens is 726 g/mol. The van der Waals surface area contributed by atoms with Crippen molar-refractivity contribution in [2.75, 3.05) is 48.3 Å². The normalized spacial score (nSPS) is 17.1. The van der Waals surface area contributed by atoms with E-state index < -0.39 is 29.7 Å². The highest BCUT2D eigenvalue weighted by Gasteiger charge is 2.46. The number of hydrogen-bond acceptors (Lipinski definition) is 13. The maximum atomic E-state index is 13.4. The third-order valence-corrected chi connectivity index (χ3v) is 10.2. The molecule has 272 valence electrons. The first-order chi connectivity index (χ1) is 25.5. The molecule has 4 aromatic rings. The topological polar surface area (TPSA) is 196 Å². The van der Waals surface area contributed by atoms with Crippen LogP contribution in [-0.4, -0.2) is 99.0 Å². The van der Waals surface area contributed by atoms with E-state index in [1.165, 1.54) is 24.4 Å². The first-order valence-corrected chi connectivity index (χ1v) is 17.8. The number of thiazole rings is 1. The lowest BCUT2D eigenvalue weighted by molar-refractivity contribution is -0.136. The lowest BCUT2D eigenvalue weighted by Crippen LogP contribution is -2.54. The molecule has 6 amide bonds. The molecule has 18 heteroatoms. The Hall–Kier alpha value is -5.94. The Morgan fingerprint density at radius 1 is 1.02 bits per heavy atom. The fourth-order valence-electron chi connectivity index (χ4n) is 6.31. The number of aromatic nitrogens is 3. The standard InChI is InChI=1S/C35H32ClN9O7S/c1-18-5-3-7-21(36)30(18)42-32(49)24-16-37-35(53-24)40-25-15-26(39-19(2)38-25)43-11-13-44(14-12-43)28(47)17-52-23-8-4-6-20-29(23)34(51)45(33(20)50)22-9-10-27(46)41-31(22)48/h3-8,15-16,22H,9-14,17H2,1-2H3,(H,42,49)(H,41,46,48)(H,37,38,39,40). The van der Waals surface area contributed by atoms with Crippen LogP contribution < -0.4 is 25.6 Å². The summed E-state index contributed by atoms with van der Waals surface area (Å²) in [4.78, 5) is 94.9. The summed E-state index contributed by atoms with van der Waals surface area (Å²) < 4.78 is 5.79. The van der Waals surface area contributed by atoms with Gasteiger partial charge in [0.05, 0.1) is 28.0 Å². The van der Waals surface area contributed by atoms with Crippen LogP contribution in [0, 0.1) is 13.8 Å². The largest absolute Gasteiger partial charge is 0.483 e. The first-order valence-electron chi connectivity index (χ1n) is 16.6. The zero-order valence-corrected chi connectivity index (χ0v) is 30.0. The number of fused-ring (bicyclic) bond motifs is 1. The maximum absolute atomic E-state index is 13.4. The number of carbonyl (C=O) groups is 6. The third-order valence-electron chi connectivity index (χ3n) is 8.99. The van der Waals surface area contributed by atoms with Gasteiger partial charge in [-0.25, -0.2) is 15.0 Å². The highest BCUT2D eigenvalue weighted by molar-refractivity contribution is 7.17. The molecule has 0 bridgehead atoms. The zero-order chi connectivity index (χ0) is 37.4. The molecule has 1 unspecified atom stereocenters. The van der Waals surface area contributed by atoms with Crippen molar-refractivity contribution in [3.63, 3.8) is 0 Å². The van der Waals surface area contributed by atoms with Gasteiger partial charge >= 0.3 is 0 Å². The highest BCUT2D eigenvalue weighted by atomic mass is 35.5. The first kappa shape index (κ1) is 35.5. The Bertz CT molecular complexity index is 2170. The predicted molar refractivity (Wildman–Crippen MR) is 194 cm³/mol. The molecule has 3 aliphatic heterocycles. The minimum Gasteiger partial charge on any atom is -0.483 e. The summed E-state index contributed by atoms with van der Waals surface area (Å²) in [5.41, 5.74) is 1.43. The van der Waals surface area contributed by atoms with E-state index in [1.807, 2.05) is 24.0 Å². The summed E-state index contributed by atoms with van der Waals surface area (Å²) in [5.74, 6) is -1.48. The van der Waals surface area contributed by atoms with Crippen LogP contribution in [0.2, 0.25) is 5.02 Å². The smallest absolute Gasteiger partial charge is 0.267 e. The van der Waals surface area contributed by atoms with E-state index in [9.17, 15) is 28.8 Å². The van der Waals surface area contributed by atoms with Crippen LogP contribution in [0.25, 0.3) is 0 Å². The van der Waals surface area contributed by atoms with Gasteiger partial charge in [0.1, 0.15) is 34.1 Å². The van der Waals surface area contributed by atoms with Crippen molar-refractivity contribution in [1.29, 1.82) is 0 Å². The number of imide groups is 2. The Morgan fingerprint density at radius 2 is 1.79 bits per heavy atom. The van der Waals surface area contributed by atoms with Crippen LogP contribution in [0.5, 0.6) is 5.75 Å². The average molecular weight is 758 g/mol. The fourth-order valence-corrected chi connectivity index (χ4v) is 7.30. The molecule has 2 fully saturated rings. The van der Waals surface area contributed by atoms with E-state index in [-0.39, 0.29) is 48.1 Å². The minimum absolute atomic E-state index is 0.00479. The van der Waals surface area contributed by atoms with Gasteiger partial charge in [-0.2, -0.15) is 0 Å². The summed E-state index contributed by atoms with van der Waals surface area (Å²) in [6.07, 6.45) is 1.51. The van der Waals surface area contributed by atoms with E-state index >= 15 is 0 Å². The van der Waals surface area contributed by atoms with E-state index in [2.05, 4.69) is 30.9 Å². The quantitative estimate of drug-likeness (QED) is 0.211. The van der Waals surface area contributed by atoms with Gasteiger partial charge in [-0.15, -0.1) is 0 Å². The minimum atomic E-state index is -1.11. The number of nitrogens with zero attached hydrogens (tertiary/aromatic N) is 6. The monoisotopic (exact) mass is 757 g/mol. The van der Waals surface area contributed by atoms with Gasteiger partial charge in [0, 0.05) is 38.7 Å². The number of nitrogens with one attached hydrogen (secondary N) is 3. The number of piperidine rings is 1. The number of para-hydroxylation sites is 1. The number of carbonyl (C=O) groups excluding carboxylic acids is 6. The van der Waals surface area contributed by atoms with Crippen LogP contribution >= 0.6 is 22.9 Å². The molecule has 2 aromatic heterocycles. The number of piperazine rings is 1. The number of halogens is 1. The lowest BCUT2D eigenvalue weighted by Gasteiger charge is -2.35. The molecule has 0 spiro atoms. The van der Waals surface area contributed by atoms with Gasteiger partial charge in [-0.3, -0.25) is 39.0 Å². The van der Waals surface area contributed by atoms with Crippen LogP contribution in [0.15, 0.2) is 48.7 Å². The second kappa shape index (κ2) is 14.6. The molecular formula is C35H32ClN9O7S. The molecule has 0 radical (unpaired) electrons. The molecule has 2 saturated heterocycles. The second-order valence-electron chi connectivity index (χ2n) is 12.5. The van der Waals surface area contributed by atoms with Crippen molar-refractivity contribution in [2.45, 2.75) is 32.7 Å². The van der Waals surface area contributed by atoms with Crippen LogP contribution in [0.3, 0.4) is 0 Å². The predicted octanol–water partition coefficient (Wildman–Crippen LogP) is 3.33. The molecule has 0 aliphatic carbocycles. The molecule has 7 rings (SSSR count). The van der Waals surface area contributed by atoms with Gasteiger partial charge in [-0.1, -0.05) is 41.1 Å². The lowest BCUT2D eigenvalue weighted by atomic mass is 10.0. The Kier molecular flexibility index (Phi) is 9.76. The number of hydrogen-bond donors (Lipinski definition) is 3. The number of rotatable bonds is 9. The summed E-state index contributed by atoms with van der Waals surface area (Å²) >= 11 is 7.43. The molecule has 0 saturated carbocycles. The SMILES string of the molecule is Cc1nc(Nc2ncc(C(=O)Nc3c(C)cccc3Cl)s2)cc(N2CCN(C(=O)COc3cccc4c3C(=O)N(C3CCC(=O)NC3=O)C4=O)CC2)n1. The zero-order valence-electron chi connectivity index (χ0n) is 28.5. The van der Waals surface area contributed by atoms with Crippen molar-refractivity contribution in [3.05, 3.63) is 81.1 Å². The van der Waals surface area contributed by atoms with Crippen LogP contribution in [0.4, 0.5) is 22.5 Å². The average Bonchev–Trinajstić information content (AvgIpc) is 3.70. The fraction of sp³-hybridized carbons (Fsp3) is 0.286. The van der Waals surface area contributed by atoms with E-state index in [1.54, 1.807) is 24.0 Å². The van der Waals surface area contributed by atoms with E-state index in [4.69, 9.17) is 16.3 Å². The van der Waals surface area contributed by atoms with Crippen molar-refractivity contribution in [3.8, 4) is 5.75 Å². The molecule has 5 heterocycles. The van der Waals surface area contributed by atoms with Crippen molar-refractivity contribution in [2.24, 2.45) is 0 Å². The number of amides is 6. The van der Waals surface area contributed by atoms with Crippen molar-refractivity contribution >= 4 is 80.8 Å². The van der Waals surface area contributed by atoms with E-state index in [0.717, 1.165) is 21.8 Å². The number of aryl methyl sites for hydroxylation is 2. The van der Waals surface area contributed by atoms with Gasteiger partial charge in [0.25, 0.3) is 23.6 Å². The van der Waals surface area contributed by atoms with Crippen LogP contribution in [0.1, 0.15) is 54.6 Å². The van der Waals surface area contributed by atoms with Crippen LogP contribution in [-0.2, 0) is 14.4 Å². The van der Waals surface area contributed by atoms with Crippen molar-refractivity contribution in [1.82, 2.24) is 30.1 Å². The van der Waals surface area contributed by atoms with Gasteiger partial charge in [0.2, 0.25) is 11.8 Å². The summed E-state index contributed by atoms with van der Waals surface area (Å²) in [6.45, 7) is 4.94. The molecule has 2 aromatic carbocycles. The molecule has 3 aliphatic rings. The molecule has 3 N–H and O–H groups in total. The molecule has 53 heavy (non-hydrogen) atoms. The van der Waals surface area contributed by atoms with Crippen molar-refractivity contribution < 1.29 is 33.5 Å². The Morgan fingerprint density at radius 3 is 2.55 bits per heavy atom. The van der Waals surface area contributed by atoms with E-state index in [0.29, 0.717) is 64.4 Å². The number of benzene rings is 2. The summed E-state index contributed by atoms with van der Waals surface area (Å²) in [7, 11) is 0. The number of ether oxygens (including phenoxy) is 1. The molecule has 16 nitrogen and oxygen atoms in total. The highest BCUT2D eigenvalue weighted by Crippen LogP contribution is 2.34. The summed E-state index contributed by atoms with van der Waals surface area (Å²) in [5, 5.41) is 9.07. The van der Waals surface area contributed by atoms with Gasteiger partial charge < -0.3 is 25.2 Å². The maximum Gasteiger partial charge on any atom is 0.267 e. The second-order valence-corrected chi connectivity index (χ2v) is 13.9.